The van der Waals surface area contributed by atoms with Crippen LogP contribution in [0.5, 0.6) is 0 Å². The van der Waals surface area contributed by atoms with Gasteiger partial charge >= 0.3 is 0 Å². The Morgan fingerprint density at radius 2 is 2.14 bits per heavy atom. The molecule has 1 aromatic rings. The highest BCUT2D eigenvalue weighted by Crippen LogP contribution is 2.30. The minimum Gasteiger partial charge on any atom is -0.326 e. The van der Waals surface area contributed by atoms with Gasteiger partial charge in [0.2, 0.25) is 10.0 Å². The molecule has 0 spiro atoms. The molecule has 1 fully saturated rings. The molecule has 0 aliphatic heterocycles. The fraction of sp³-hybridized carbons (Fsp3) is 0.571. The fourth-order valence-corrected chi connectivity index (χ4v) is 5.19. The van der Waals surface area contributed by atoms with Gasteiger partial charge in [-0.25, -0.2) is 17.5 Å². The van der Waals surface area contributed by atoms with Gasteiger partial charge in [0.05, 0.1) is 4.90 Å². The number of nitrogens with two attached hydrogens (primary N) is 1. The number of thioether (sulfide) groups is 1. The number of hydrogen-bond donors (Lipinski definition) is 2. The van der Waals surface area contributed by atoms with Crippen LogP contribution in [0.3, 0.4) is 0 Å². The van der Waals surface area contributed by atoms with E-state index in [0.29, 0.717) is 10.8 Å². The highest BCUT2D eigenvalue weighted by atomic mass is 32.2. The van der Waals surface area contributed by atoms with Crippen molar-refractivity contribution in [3.05, 3.63) is 29.1 Å². The second kappa shape index (κ2) is 6.64. The quantitative estimate of drug-likeness (QED) is 0.867. The van der Waals surface area contributed by atoms with E-state index in [9.17, 15) is 12.8 Å². The molecule has 2 unspecified atom stereocenters. The maximum atomic E-state index is 13.8. The summed E-state index contributed by atoms with van der Waals surface area (Å²) in [7, 11) is -3.64. The lowest BCUT2D eigenvalue weighted by Crippen LogP contribution is -2.38. The van der Waals surface area contributed by atoms with Crippen molar-refractivity contribution in [2.45, 2.75) is 48.9 Å². The zero-order chi connectivity index (χ0) is 15.6. The summed E-state index contributed by atoms with van der Waals surface area (Å²) in [5.74, 6) is -0.431. The van der Waals surface area contributed by atoms with Crippen molar-refractivity contribution in [3.63, 3.8) is 0 Å². The number of sulfonamides is 1. The van der Waals surface area contributed by atoms with Gasteiger partial charge < -0.3 is 5.73 Å². The Morgan fingerprint density at radius 1 is 1.43 bits per heavy atom. The predicted octanol–water partition coefficient (Wildman–Crippen LogP) is 2.16. The maximum absolute atomic E-state index is 13.8. The Bertz CT molecular complexity index is 620. The number of hydrogen-bond acceptors (Lipinski definition) is 4. The minimum atomic E-state index is -3.64. The molecular formula is C14H21FN2O2S2. The third-order valence-electron chi connectivity index (χ3n) is 3.90. The maximum Gasteiger partial charge on any atom is 0.240 e. The first-order chi connectivity index (χ1) is 9.89. The molecule has 0 heterocycles. The van der Waals surface area contributed by atoms with Crippen molar-refractivity contribution in [2.24, 2.45) is 5.73 Å². The standard InChI is InChI=1S/C14H21FN2O2S2/c1-9-6-11(7-10(8-16)14(9)15)21(18,19)17-12-4-3-5-13(12)20-2/h6-7,12-13,17H,3-5,8,16H2,1-2H3. The zero-order valence-corrected chi connectivity index (χ0v) is 13.9. The summed E-state index contributed by atoms with van der Waals surface area (Å²) >= 11 is 1.68. The molecule has 4 nitrogen and oxygen atoms in total. The lowest BCUT2D eigenvalue weighted by molar-refractivity contribution is 0.553. The highest BCUT2D eigenvalue weighted by Gasteiger charge is 2.31. The summed E-state index contributed by atoms with van der Waals surface area (Å²) in [6, 6.07) is 2.63. The molecule has 2 rings (SSSR count). The number of halogens is 1. The van der Waals surface area contributed by atoms with Gasteiger partial charge in [-0.2, -0.15) is 11.8 Å². The third-order valence-corrected chi connectivity index (χ3v) is 6.53. The third kappa shape index (κ3) is 3.59. The molecule has 0 amide bonds. The van der Waals surface area contributed by atoms with Gasteiger partial charge in [0.1, 0.15) is 5.82 Å². The monoisotopic (exact) mass is 332 g/mol. The van der Waals surface area contributed by atoms with Gasteiger partial charge in [0, 0.05) is 23.4 Å². The topological polar surface area (TPSA) is 72.2 Å². The molecule has 0 aromatic heterocycles. The zero-order valence-electron chi connectivity index (χ0n) is 12.2. The van der Waals surface area contributed by atoms with Crippen molar-refractivity contribution in [1.82, 2.24) is 4.72 Å². The van der Waals surface area contributed by atoms with E-state index in [0.717, 1.165) is 19.3 Å². The van der Waals surface area contributed by atoms with Crippen LogP contribution in [0.2, 0.25) is 0 Å². The molecule has 0 saturated heterocycles. The van der Waals surface area contributed by atoms with Crippen LogP contribution in [-0.4, -0.2) is 26.0 Å². The van der Waals surface area contributed by atoms with Gasteiger partial charge in [-0.1, -0.05) is 6.42 Å². The summed E-state index contributed by atoms with van der Waals surface area (Å²) in [6.45, 7) is 1.53. The first kappa shape index (κ1) is 16.7. The summed E-state index contributed by atoms with van der Waals surface area (Å²) in [6.07, 6.45) is 4.88. The second-order valence-corrected chi connectivity index (χ2v) is 8.14. The molecule has 21 heavy (non-hydrogen) atoms. The van der Waals surface area contributed by atoms with E-state index in [1.165, 1.54) is 12.1 Å². The molecule has 7 heteroatoms. The van der Waals surface area contributed by atoms with Crippen LogP contribution in [0, 0.1) is 12.7 Å². The van der Waals surface area contributed by atoms with Gasteiger partial charge in [-0.15, -0.1) is 0 Å². The van der Waals surface area contributed by atoms with Gasteiger partial charge in [-0.05, 0) is 43.7 Å². The lowest BCUT2D eigenvalue weighted by Gasteiger charge is -2.19. The number of aryl methyl sites for hydroxylation is 1. The number of nitrogens with one attached hydrogen (secondary N) is 1. The Labute approximate surface area is 129 Å². The summed E-state index contributed by atoms with van der Waals surface area (Å²) in [5, 5.41) is 0.301. The van der Waals surface area contributed by atoms with E-state index in [1.54, 1.807) is 18.7 Å². The molecule has 118 valence electrons. The summed E-state index contributed by atoms with van der Waals surface area (Å²) in [5.41, 5.74) is 6.00. The lowest BCUT2D eigenvalue weighted by atomic mass is 10.1. The molecule has 1 aliphatic rings. The van der Waals surface area contributed by atoms with Crippen LogP contribution < -0.4 is 10.5 Å². The molecule has 3 N–H and O–H groups in total. The molecule has 0 radical (unpaired) electrons. The van der Waals surface area contributed by atoms with Crippen LogP contribution in [0.1, 0.15) is 30.4 Å². The normalized spacial score (nSPS) is 22.7. The Balaban J connectivity index is 2.29. The predicted molar refractivity (Wildman–Crippen MR) is 84.3 cm³/mol. The van der Waals surface area contributed by atoms with E-state index in [4.69, 9.17) is 5.73 Å². The molecule has 1 aliphatic carbocycles. The SMILES string of the molecule is CSC1CCCC1NS(=O)(=O)c1cc(C)c(F)c(CN)c1. The minimum absolute atomic E-state index is 0.0209. The molecule has 2 atom stereocenters. The largest absolute Gasteiger partial charge is 0.326 e. The van der Waals surface area contributed by atoms with Crippen LogP contribution >= 0.6 is 11.8 Å². The van der Waals surface area contributed by atoms with Gasteiger partial charge in [-0.3, -0.25) is 0 Å². The average molecular weight is 332 g/mol. The van der Waals surface area contributed by atoms with Crippen LogP contribution in [0.25, 0.3) is 0 Å². The highest BCUT2D eigenvalue weighted by molar-refractivity contribution is 7.99. The van der Waals surface area contributed by atoms with Crippen molar-refractivity contribution >= 4 is 21.8 Å². The van der Waals surface area contributed by atoms with Crippen LogP contribution in [0.4, 0.5) is 4.39 Å². The Hall–Kier alpha value is -0.630. The average Bonchev–Trinajstić information content (AvgIpc) is 2.87. The Kier molecular flexibility index (Phi) is 5.29. The van der Waals surface area contributed by atoms with Crippen molar-refractivity contribution in [1.29, 1.82) is 0 Å². The first-order valence-electron chi connectivity index (χ1n) is 6.93. The van der Waals surface area contributed by atoms with E-state index in [1.807, 2.05) is 6.26 Å². The summed E-state index contributed by atoms with van der Waals surface area (Å²) < 4.78 is 41.5. The van der Waals surface area contributed by atoms with E-state index < -0.39 is 15.8 Å². The van der Waals surface area contributed by atoms with Crippen LogP contribution in [-0.2, 0) is 16.6 Å². The van der Waals surface area contributed by atoms with E-state index in [-0.39, 0.29) is 23.0 Å². The van der Waals surface area contributed by atoms with Gasteiger partial charge in [0.15, 0.2) is 0 Å². The molecule has 0 bridgehead atoms. The Morgan fingerprint density at radius 3 is 2.76 bits per heavy atom. The second-order valence-electron chi connectivity index (χ2n) is 5.35. The van der Waals surface area contributed by atoms with Crippen molar-refractivity contribution < 1.29 is 12.8 Å². The molecular weight excluding hydrogens is 311 g/mol. The number of benzene rings is 1. The number of rotatable bonds is 5. The van der Waals surface area contributed by atoms with E-state index in [2.05, 4.69) is 4.72 Å². The molecule has 1 saturated carbocycles. The first-order valence-corrected chi connectivity index (χ1v) is 9.70. The van der Waals surface area contributed by atoms with Crippen LogP contribution in [0.15, 0.2) is 17.0 Å². The van der Waals surface area contributed by atoms with E-state index >= 15 is 0 Å². The van der Waals surface area contributed by atoms with Crippen molar-refractivity contribution in [3.8, 4) is 0 Å². The van der Waals surface area contributed by atoms with Gasteiger partial charge in [0.25, 0.3) is 0 Å². The van der Waals surface area contributed by atoms with Crippen molar-refractivity contribution in [2.75, 3.05) is 6.26 Å². The smallest absolute Gasteiger partial charge is 0.240 e. The summed E-state index contributed by atoms with van der Waals surface area (Å²) in [4.78, 5) is 0.0913. The fourth-order valence-electron chi connectivity index (χ4n) is 2.72. The molecule has 1 aromatic carbocycles.